The van der Waals surface area contributed by atoms with E-state index in [0.29, 0.717) is 22.3 Å². The summed E-state index contributed by atoms with van der Waals surface area (Å²) in [7, 11) is 0. The van der Waals surface area contributed by atoms with E-state index in [9.17, 15) is 0 Å². The van der Waals surface area contributed by atoms with Crippen LogP contribution in [0, 0.1) is 0 Å². The maximum atomic E-state index is 8.81. The van der Waals surface area contributed by atoms with Gasteiger partial charge in [-0.15, -0.1) is 0 Å². The molecule has 0 aliphatic heterocycles. The minimum Gasteiger partial charge on any atom is -0.489 e. The molecule has 5 heteroatoms. The van der Waals surface area contributed by atoms with Gasteiger partial charge in [-0.3, -0.25) is 0 Å². The minimum atomic E-state index is -0.0505. The molecule has 0 aliphatic carbocycles. The Labute approximate surface area is 118 Å². The average Bonchev–Trinajstić information content (AvgIpc) is 2.23. The van der Waals surface area contributed by atoms with Crippen molar-refractivity contribution < 1.29 is 9.84 Å². The Balaban J connectivity index is 2.92. The fraction of sp³-hybridized carbons (Fsp3) is 0.538. The maximum Gasteiger partial charge on any atom is 0.142 e. The molecule has 2 N–H and O–H groups in total. The number of hydrogen-bond donors (Lipinski definition) is 2. The van der Waals surface area contributed by atoms with Gasteiger partial charge >= 0.3 is 0 Å². The fourth-order valence-corrected chi connectivity index (χ4v) is 2.00. The van der Waals surface area contributed by atoms with Crippen molar-refractivity contribution in [1.82, 2.24) is 5.32 Å². The smallest absolute Gasteiger partial charge is 0.142 e. The summed E-state index contributed by atoms with van der Waals surface area (Å²) in [4.78, 5) is 0. The fourth-order valence-electron chi connectivity index (χ4n) is 1.41. The van der Waals surface area contributed by atoms with Gasteiger partial charge in [0.25, 0.3) is 0 Å². The van der Waals surface area contributed by atoms with E-state index in [1.165, 1.54) is 0 Å². The lowest BCUT2D eigenvalue weighted by Crippen LogP contribution is -2.35. The number of rotatable bonds is 5. The normalized spacial score (nSPS) is 11.7. The molecule has 0 radical (unpaired) electrons. The minimum absolute atomic E-state index is 0.0109. The number of nitrogens with one attached hydrogen (secondary N) is 1. The van der Waals surface area contributed by atoms with E-state index in [1.54, 1.807) is 6.07 Å². The molecule has 0 saturated heterocycles. The largest absolute Gasteiger partial charge is 0.489 e. The van der Waals surface area contributed by atoms with E-state index >= 15 is 0 Å². The molecule has 1 aromatic carbocycles. The quantitative estimate of drug-likeness (QED) is 0.875. The second-order valence-electron chi connectivity index (χ2n) is 5.05. The van der Waals surface area contributed by atoms with Gasteiger partial charge in [-0.25, -0.2) is 0 Å². The van der Waals surface area contributed by atoms with Crippen LogP contribution in [0.3, 0.4) is 0 Å². The lowest BCUT2D eigenvalue weighted by molar-refractivity contribution is 0.200. The molecule has 0 aliphatic rings. The highest BCUT2D eigenvalue weighted by Gasteiger charge is 2.14. The summed E-state index contributed by atoms with van der Waals surface area (Å²) in [6, 6.07) is 3.45. The van der Waals surface area contributed by atoms with Crippen LogP contribution in [-0.2, 0) is 6.54 Å². The van der Waals surface area contributed by atoms with Crippen LogP contribution >= 0.6 is 23.2 Å². The van der Waals surface area contributed by atoms with Gasteiger partial charge in [-0.1, -0.05) is 23.2 Å². The Morgan fingerprint density at radius 1 is 1.28 bits per heavy atom. The van der Waals surface area contributed by atoms with E-state index in [1.807, 2.05) is 6.07 Å². The summed E-state index contributed by atoms with van der Waals surface area (Å²) < 4.78 is 5.46. The monoisotopic (exact) mass is 291 g/mol. The molecule has 18 heavy (non-hydrogen) atoms. The summed E-state index contributed by atoms with van der Waals surface area (Å²) in [6.45, 7) is 6.99. The van der Waals surface area contributed by atoms with Crippen LogP contribution in [0.1, 0.15) is 26.3 Å². The third kappa shape index (κ3) is 5.02. The number of halogens is 2. The average molecular weight is 292 g/mol. The van der Waals surface area contributed by atoms with E-state index in [-0.39, 0.29) is 18.8 Å². The predicted octanol–water partition coefficient (Wildman–Crippen LogP) is 3.25. The van der Waals surface area contributed by atoms with Crippen LogP contribution in [0.4, 0.5) is 0 Å². The van der Waals surface area contributed by atoms with Crippen molar-refractivity contribution in [2.45, 2.75) is 32.9 Å². The van der Waals surface area contributed by atoms with Crippen LogP contribution in [0.5, 0.6) is 5.75 Å². The highest BCUT2D eigenvalue weighted by molar-refractivity contribution is 6.35. The first-order valence-electron chi connectivity index (χ1n) is 5.80. The highest BCUT2D eigenvalue weighted by Crippen LogP contribution is 2.32. The second-order valence-corrected chi connectivity index (χ2v) is 5.90. The van der Waals surface area contributed by atoms with Gasteiger partial charge in [0.1, 0.15) is 12.4 Å². The predicted molar refractivity (Wildman–Crippen MR) is 75.6 cm³/mol. The zero-order valence-electron chi connectivity index (χ0n) is 10.9. The van der Waals surface area contributed by atoms with Crippen LogP contribution in [0.25, 0.3) is 0 Å². The van der Waals surface area contributed by atoms with Crippen LogP contribution in [0.2, 0.25) is 10.0 Å². The molecule has 0 amide bonds. The molecule has 0 saturated carbocycles. The Morgan fingerprint density at radius 2 is 1.94 bits per heavy atom. The van der Waals surface area contributed by atoms with Crippen molar-refractivity contribution >= 4 is 23.2 Å². The van der Waals surface area contributed by atoms with Crippen molar-refractivity contribution in [3.63, 3.8) is 0 Å². The molecular formula is C13H19Cl2NO2. The SMILES string of the molecule is CC(C)(C)NCc1cc(Cl)cc(Cl)c1OCCO. The Hall–Kier alpha value is -0.480. The lowest BCUT2D eigenvalue weighted by atomic mass is 10.1. The molecule has 1 aromatic rings. The van der Waals surface area contributed by atoms with E-state index in [2.05, 4.69) is 26.1 Å². The standard InChI is InChI=1S/C13H19Cl2NO2/c1-13(2,3)16-8-9-6-10(14)7-11(15)12(9)18-5-4-17/h6-7,16-17H,4-5,8H2,1-3H3. The van der Waals surface area contributed by atoms with E-state index < -0.39 is 0 Å². The summed E-state index contributed by atoms with van der Waals surface area (Å²) >= 11 is 12.1. The number of benzene rings is 1. The van der Waals surface area contributed by atoms with Gasteiger partial charge in [0, 0.05) is 22.7 Å². The maximum absolute atomic E-state index is 8.81. The number of ether oxygens (including phenoxy) is 1. The molecule has 1 rings (SSSR count). The second kappa shape index (κ2) is 6.62. The first-order chi connectivity index (χ1) is 8.33. The molecule has 102 valence electrons. The first-order valence-corrected chi connectivity index (χ1v) is 6.55. The molecule has 0 atom stereocenters. The van der Waals surface area contributed by atoms with Gasteiger partial charge in [-0.2, -0.15) is 0 Å². The highest BCUT2D eigenvalue weighted by atomic mass is 35.5. The summed E-state index contributed by atoms with van der Waals surface area (Å²) in [6.07, 6.45) is 0. The zero-order valence-corrected chi connectivity index (χ0v) is 12.4. The van der Waals surface area contributed by atoms with Gasteiger partial charge < -0.3 is 15.2 Å². The number of hydrogen-bond acceptors (Lipinski definition) is 3. The van der Waals surface area contributed by atoms with Crippen molar-refractivity contribution in [3.05, 3.63) is 27.7 Å². The van der Waals surface area contributed by atoms with E-state index in [4.69, 9.17) is 33.0 Å². The Bertz CT molecular complexity index is 403. The van der Waals surface area contributed by atoms with Crippen molar-refractivity contribution in [2.75, 3.05) is 13.2 Å². The van der Waals surface area contributed by atoms with Crippen molar-refractivity contribution in [3.8, 4) is 5.75 Å². The van der Waals surface area contributed by atoms with Gasteiger partial charge in [-0.05, 0) is 32.9 Å². The number of aliphatic hydroxyl groups excluding tert-OH is 1. The molecule has 0 spiro atoms. The molecule has 3 nitrogen and oxygen atoms in total. The van der Waals surface area contributed by atoms with Crippen LogP contribution < -0.4 is 10.1 Å². The summed E-state index contributed by atoms with van der Waals surface area (Å²) in [5.74, 6) is 0.576. The summed E-state index contributed by atoms with van der Waals surface area (Å²) in [5, 5.41) is 13.2. The third-order valence-corrected chi connectivity index (χ3v) is 2.73. The van der Waals surface area contributed by atoms with Crippen molar-refractivity contribution in [2.24, 2.45) is 0 Å². The topological polar surface area (TPSA) is 41.5 Å². The van der Waals surface area contributed by atoms with Crippen LogP contribution in [-0.4, -0.2) is 23.9 Å². The summed E-state index contributed by atoms with van der Waals surface area (Å²) in [5.41, 5.74) is 0.874. The van der Waals surface area contributed by atoms with Gasteiger partial charge in [0.05, 0.1) is 11.6 Å². The Morgan fingerprint density at radius 3 is 2.50 bits per heavy atom. The molecule has 0 fully saturated rings. The zero-order chi connectivity index (χ0) is 13.8. The lowest BCUT2D eigenvalue weighted by Gasteiger charge is -2.22. The molecule has 0 bridgehead atoms. The third-order valence-electron chi connectivity index (χ3n) is 2.23. The van der Waals surface area contributed by atoms with Crippen LogP contribution in [0.15, 0.2) is 12.1 Å². The molecule has 0 unspecified atom stereocenters. The molecular weight excluding hydrogens is 273 g/mol. The van der Waals surface area contributed by atoms with Gasteiger partial charge in [0.15, 0.2) is 0 Å². The first kappa shape index (κ1) is 15.6. The van der Waals surface area contributed by atoms with Crippen molar-refractivity contribution in [1.29, 1.82) is 0 Å². The molecule has 0 heterocycles. The van der Waals surface area contributed by atoms with E-state index in [0.717, 1.165) is 5.56 Å². The Kier molecular flexibility index (Phi) is 5.73. The molecule has 0 aromatic heterocycles. The van der Waals surface area contributed by atoms with Gasteiger partial charge in [0.2, 0.25) is 0 Å². The number of aliphatic hydroxyl groups is 1.